The number of hydrogen-bond donors (Lipinski definition) is 1. The molecule has 0 spiro atoms. The number of carbonyl (C=O) groups is 2. The number of amides is 1. The maximum Gasteiger partial charge on any atom is 0.420 e. The summed E-state index contributed by atoms with van der Waals surface area (Å²) >= 11 is 0. The molecule has 26 heavy (non-hydrogen) atoms. The molecule has 3 rings (SSSR count). The largest absolute Gasteiger partial charge is 0.425 e. The number of nitro groups is 1. The molecule has 1 aromatic heterocycles. The smallest absolute Gasteiger partial charge is 0.420 e. The predicted octanol–water partition coefficient (Wildman–Crippen LogP) is 1.21. The van der Waals surface area contributed by atoms with Crippen LogP contribution < -0.4 is 16.2 Å². The third-order valence-electron chi connectivity index (χ3n) is 3.50. The second-order valence-electron chi connectivity index (χ2n) is 5.23. The lowest BCUT2D eigenvalue weighted by atomic mass is 10.2. The molecule has 0 saturated carbocycles. The lowest BCUT2D eigenvalue weighted by Crippen LogP contribution is -2.23. The van der Waals surface area contributed by atoms with E-state index in [4.69, 9.17) is 14.9 Å². The van der Waals surface area contributed by atoms with Crippen LogP contribution in [0.3, 0.4) is 0 Å². The van der Waals surface area contributed by atoms with Crippen molar-refractivity contribution < 1.29 is 23.7 Å². The summed E-state index contributed by atoms with van der Waals surface area (Å²) in [5.74, 6) is -2.25. The highest BCUT2D eigenvalue weighted by Crippen LogP contribution is 2.20. The van der Waals surface area contributed by atoms with Crippen LogP contribution in [0.2, 0.25) is 0 Å². The molecule has 3 aromatic rings. The van der Waals surface area contributed by atoms with Crippen LogP contribution >= 0.6 is 0 Å². The minimum atomic E-state index is -0.858. The molecule has 0 radical (unpaired) electrons. The van der Waals surface area contributed by atoms with Gasteiger partial charge in [0.05, 0.1) is 16.5 Å². The molecule has 1 amide bonds. The number of nitro benzene ring substituents is 1. The molecule has 0 unspecified atom stereocenters. The molecule has 0 aliphatic rings. The first kappa shape index (κ1) is 16.9. The van der Waals surface area contributed by atoms with E-state index < -0.39 is 29.1 Å². The summed E-state index contributed by atoms with van der Waals surface area (Å²) in [4.78, 5) is 45.3. The van der Waals surface area contributed by atoms with Crippen LogP contribution in [0.4, 0.5) is 5.69 Å². The standard InChI is InChI=1S/C16H11N3O7/c17-15(21)9-2-1-3-11(6-9)25-14(20)8-18-12-5-4-10(19(23)24)7-13(12)26-16(18)22/h1-7H,8H2,(H2,17,21). The third-order valence-corrected chi connectivity index (χ3v) is 3.50. The van der Waals surface area contributed by atoms with Crippen LogP contribution in [0.15, 0.2) is 51.7 Å². The molecule has 132 valence electrons. The normalized spacial score (nSPS) is 10.6. The number of aromatic nitrogens is 1. The Balaban J connectivity index is 1.84. The monoisotopic (exact) mass is 357 g/mol. The number of ether oxygens (including phenoxy) is 1. The number of hydrogen-bond acceptors (Lipinski definition) is 7. The van der Waals surface area contributed by atoms with Gasteiger partial charge in [-0.1, -0.05) is 6.07 Å². The van der Waals surface area contributed by atoms with Crippen molar-refractivity contribution in [3.05, 3.63) is 68.7 Å². The molecule has 10 heteroatoms. The first-order valence-corrected chi connectivity index (χ1v) is 7.23. The Morgan fingerprint density at radius 1 is 1.23 bits per heavy atom. The Morgan fingerprint density at radius 3 is 2.69 bits per heavy atom. The van der Waals surface area contributed by atoms with Gasteiger partial charge in [-0.15, -0.1) is 0 Å². The van der Waals surface area contributed by atoms with E-state index in [2.05, 4.69) is 0 Å². The summed E-state index contributed by atoms with van der Waals surface area (Å²) in [6.07, 6.45) is 0. The molecule has 1 heterocycles. The van der Waals surface area contributed by atoms with E-state index in [0.717, 1.165) is 10.6 Å². The van der Waals surface area contributed by atoms with Gasteiger partial charge in [0.2, 0.25) is 5.91 Å². The maximum absolute atomic E-state index is 12.1. The molecule has 2 aromatic carbocycles. The molecule has 0 fully saturated rings. The second kappa shape index (κ2) is 6.51. The van der Waals surface area contributed by atoms with Gasteiger partial charge in [-0.3, -0.25) is 19.5 Å². The highest BCUT2D eigenvalue weighted by molar-refractivity contribution is 5.93. The maximum atomic E-state index is 12.1. The van der Waals surface area contributed by atoms with Crippen molar-refractivity contribution in [1.29, 1.82) is 0 Å². The number of fused-ring (bicyclic) bond motifs is 1. The van der Waals surface area contributed by atoms with Crippen molar-refractivity contribution in [1.82, 2.24) is 4.57 Å². The number of nitrogens with zero attached hydrogens (tertiary/aromatic N) is 2. The van der Waals surface area contributed by atoms with Gasteiger partial charge in [0, 0.05) is 11.6 Å². The lowest BCUT2D eigenvalue weighted by Gasteiger charge is -2.05. The summed E-state index contributed by atoms with van der Waals surface area (Å²) in [6, 6.07) is 9.27. The zero-order chi connectivity index (χ0) is 18.8. The van der Waals surface area contributed by atoms with Gasteiger partial charge in [0.25, 0.3) is 5.69 Å². The summed E-state index contributed by atoms with van der Waals surface area (Å²) in [7, 11) is 0. The Hall–Kier alpha value is -3.95. The van der Waals surface area contributed by atoms with Crippen molar-refractivity contribution in [3.8, 4) is 5.75 Å². The molecule has 10 nitrogen and oxygen atoms in total. The van der Waals surface area contributed by atoms with Crippen molar-refractivity contribution >= 4 is 28.7 Å². The van der Waals surface area contributed by atoms with Crippen LogP contribution in [0, 0.1) is 10.1 Å². The van der Waals surface area contributed by atoms with Gasteiger partial charge in [0.1, 0.15) is 12.3 Å². The van der Waals surface area contributed by atoms with Gasteiger partial charge in [-0.05, 0) is 24.3 Å². The molecule has 2 N–H and O–H groups in total. The van der Waals surface area contributed by atoms with E-state index in [1.54, 1.807) is 0 Å². The van der Waals surface area contributed by atoms with Gasteiger partial charge >= 0.3 is 11.7 Å². The minimum Gasteiger partial charge on any atom is -0.425 e. The summed E-state index contributed by atoms with van der Waals surface area (Å²) in [6.45, 7) is -0.482. The van der Waals surface area contributed by atoms with Crippen molar-refractivity contribution in [3.63, 3.8) is 0 Å². The fourth-order valence-corrected chi connectivity index (χ4v) is 2.32. The van der Waals surface area contributed by atoms with Gasteiger partial charge in [0.15, 0.2) is 5.58 Å². The van der Waals surface area contributed by atoms with Crippen LogP contribution in [-0.2, 0) is 11.3 Å². The molecular formula is C16H11N3O7. The van der Waals surface area contributed by atoms with Crippen LogP contribution in [-0.4, -0.2) is 21.4 Å². The number of non-ortho nitro benzene ring substituents is 1. The minimum absolute atomic E-state index is 0.0206. The molecule has 0 aliphatic heterocycles. The number of benzene rings is 2. The number of rotatable bonds is 5. The molecular weight excluding hydrogens is 346 g/mol. The molecule has 0 saturated heterocycles. The fourth-order valence-electron chi connectivity index (χ4n) is 2.32. The Labute approximate surface area is 144 Å². The van der Waals surface area contributed by atoms with E-state index in [0.29, 0.717) is 0 Å². The van der Waals surface area contributed by atoms with Crippen LogP contribution in [0.1, 0.15) is 10.4 Å². The fraction of sp³-hybridized carbons (Fsp3) is 0.0625. The predicted molar refractivity (Wildman–Crippen MR) is 87.7 cm³/mol. The average Bonchev–Trinajstić information content (AvgIpc) is 2.89. The Kier molecular flexibility index (Phi) is 4.23. The second-order valence-corrected chi connectivity index (χ2v) is 5.23. The van der Waals surface area contributed by atoms with Crippen LogP contribution in [0.25, 0.3) is 11.1 Å². The van der Waals surface area contributed by atoms with Gasteiger partial charge in [-0.2, -0.15) is 0 Å². The first-order valence-electron chi connectivity index (χ1n) is 7.23. The highest BCUT2D eigenvalue weighted by atomic mass is 16.6. The van der Waals surface area contributed by atoms with Crippen molar-refractivity contribution in [2.45, 2.75) is 6.54 Å². The number of oxazole rings is 1. The van der Waals surface area contributed by atoms with Crippen LogP contribution in [0.5, 0.6) is 5.75 Å². The SMILES string of the molecule is NC(=O)c1cccc(OC(=O)Cn2c(=O)oc3cc([N+](=O)[O-])ccc32)c1. The van der Waals surface area contributed by atoms with E-state index >= 15 is 0 Å². The molecule has 0 aliphatic carbocycles. The number of primary amides is 1. The van der Waals surface area contributed by atoms with E-state index in [-0.39, 0.29) is 28.1 Å². The quantitative estimate of drug-likeness (QED) is 0.312. The van der Waals surface area contributed by atoms with Gasteiger partial charge < -0.3 is 14.9 Å². The first-order chi connectivity index (χ1) is 12.3. The third kappa shape index (κ3) is 3.29. The van der Waals surface area contributed by atoms with Gasteiger partial charge in [-0.25, -0.2) is 9.59 Å². The Bertz CT molecular complexity index is 1100. The van der Waals surface area contributed by atoms with E-state index in [1.807, 2.05) is 0 Å². The number of esters is 1. The van der Waals surface area contributed by atoms with E-state index in [9.17, 15) is 24.5 Å². The zero-order valence-electron chi connectivity index (χ0n) is 13.1. The summed E-state index contributed by atoms with van der Waals surface area (Å²) in [5, 5.41) is 10.8. The highest BCUT2D eigenvalue weighted by Gasteiger charge is 2.17. The van der Waals surface area contributed by atoms with Crippen molar-refractivity contribution in [2.75, 3.05) is 0 Å². The number of carbonyl (C=O) groups excluding carboxylic acids is 2. The van der Waals surface area contributed by atoms with E-state index in [1.165, 1.54) is 36.4 Å². The topological polar surface area (TPSA) is 148 Å². The lowest BCUT2D eigenvalue weighted by molar-refractivity contribution is -0.384. The van der Waals surface area contributed by atoms with Crippen molar-refractivity contribution in [2.24, 2.45) is 5.73 Å². The molecule has 0 bridgehead atoms. The zero-order valence-corrected chi connectivity index (χ0v) is 13.1. The Morgan fingerprint density at radius 2 is 2.00 bits per heavy atom. The number of nitrogens with two attached hydrogens (primary N) is 1. The molecule has 0 atom stereocenters. The average molecular weight is 357 g/mol. The summed E-state index contributed by atoms with van der Waals surface area (Å²) in [5.41, 5.74) is 5.26. The summed E-state index contributed by atoms with van der Waals surface area (Å²) < 4.78 is 11.0.